The lowest BCUT2D eigenvalue weighted by Gasteiger charge is -2.23. The van der Waals surface area contributed by atoms with Gasteiger partial charge in [-0.15, -0.1) is 0 Å². The third-order valence-corrected chi connectivity index (χ3v) is 3.33. The molecule has 90 valence electrons. The highest BCUT2D eigenvalue weighted by Gasteiger charge is 2.17. The van der Waals surface area contributed by atoms with Crippen LogP contribution in [0.5, 0.6) is 0 Å². The van der Waals surface area contributed by atoms with Crippen LogP contribution in [0.3, 0.4) is 0 Å². The van der Waals surface area contributed by atoms with Gasteiger partial charge in [-0.1, -0.05) is 0 Å². The molecule has 1 rings (SSSR count). The predicted molar refractivity (Wildman–Crippen MR) is 65.8 cm³/mol. The highest BCUT2D eigenvalue weighted by molar-refractivity contribution is 7.89. The normalized spacial score (nSPS) is 11.4. The molecule has 0 aliphatic carbocycles. The number of nitrogen functional groups attached to an aromatic ring is 1. The molecule has 16 heavy (non-hydrogen) atoms. The maximum Gasteiger partial charge on any atom is 0.240 e. The van der Waals surface area contributed by atoms with Gasteiger partial charge in [0.2, 0.25) is 10.0 Å². The SMILES string of the molecule is CCN(CC)c1ccc(N)cc1S(N)(=O)=O. The van der Waals surface area contributed by atoms with Gasteiger partial charge in [0.1, 0.15) is 4.90 Å². The minimum atomic E-state index is -3.74. The molecular formula is C10H17N3O2S. The summed E-state index contributed by atoms with van der Waals surface area (Å²) in [6, 6.07) is 4.74. The van der Waals surface area contributed by atoms with Crippen molar-refractivity contribution in [3.8, 4) is 0 Å². The number of hydrogen-bond acceptors (Lipinski definition) is 4. The number of sulfonamides is 1. The Morgan fingerprint density at radius 1 is 1.25 bits per heavy atom. The number of nitrogens with zero attached hydrogens (tertiary/aromatic N) is 1. The second kappa shape index (κ2) is 4.71. The van der Waals surface area contributed by atoms with Crippen molar-refractivity contribution in [3.63, 3.8) is 0 Å². The van der Waals surface area contributed by atoms with Gasteiger partial charge in [0.05, 0.1) is 5.69 Å². The molecule has 6 heteroatoms. The maximum absolute atomic E-state index is 11.4. The molecule has 5 nitrogen and oxygen atoms in total. The average Bonchev–Trinajstić information content (AvgIpc) is 2.20. The monoisotopic (exact) mass is 243 g/mol. The van der Waals surface area contributed by atoms with Crippen molar-refractivity contribution >= 4 is 21.4 Å². The molecule has 0 heterocycles. The van der Waals surface area contributed by atoms with Crippen molar-refractivity contribution in [3.05, 3.63) is 18.2 Å². The third-order valence-electron chi connectivity index (χ3n) is 2.39. The zero-order valence-electron chi connectivity index (χ0n) is 9.47. The lowest BCUT2D eigenvalue weighted by molar-refractivity contribution is 0.597. The Kier molecular flexibility index (Phi) is 3.77. The van der Waals surface area contributed by atoms with Crippen molar-refractivity contribution < 1.29 is 8.42 Å². The fraction of sp³-hybridized carbons (Fsp3) is 0.400. The summed E-state index contributed by atoms with van der Waals surface area (Å²) in [5, 5.41) is 5.16. The van der Waals surface area contributed by atoms with E-state index >= 15 is 0 Å². The Bertz CT molecular complexity index is 467. The van der Waals surface area contributed by atoms with E-state index < -0.39 is 10.0 Å². The molecule has 0 spiro atoms. The van der Waals surface area contributed by atoms with Gasteiger partial charge in [0.15, 0.2) is 0 Å². The first-order valence-corrected chi connectivity index (χ1v) is 6.62. The standard InChI is InChI=1S/C10H17N3O2S/c1-3-13(4-2)9-6-5-8(11)7-10(9)16(12,14)15/h5-7H,3-4,11H2,1-2H3,(H2,12,14,15). The zero-order valence-corrected chi connectivity index (χ0v) is 10.3. The molecule has 4 N–H and O–H groups in total. The van der Waals surface area contributed by atoms with Gasteiger partial charge in [-0.05, 0) is 32.0 Å². The summed E-state index contributed by atoms with van der Waals surface area (Å²) in [6.45, 7) is 5.32. The average molecular weight is 243 g/mol. The van der Waals surface area contributed by atoms with Crippen molar-refractivity contribution in [1.29, 1.82) is 0 Å². The molecular weight excluding hydrogens is 226 g/mol. The Hall–Kier alpha value is -1.27. The van der Waals surface area contributed by atoms with E-state index in [4.69, 9.17) is 10.9 Å². The summed E-state index contributed by atoms with van der Waals surface area (Å²) in [5.74, 6) is 0. The van der Waals surface area contributed by atoms with E-state index in [2.05, 4.69) is 0 Å². The largest absolute Gasteiger partial charge is 0.399 e. The number of nitrogens with two attached hydrogens (primary N) is 2. The summed E-state index contributed by atoms with van der Waals surface area (Å²) in [4.78, 5) is 2.00. The predicted octanol–water partition coefficient (Wildman–Crippen LogP) is 0.762. The Labute approximate surface area is 96.1 Å². The van der Waals surface area contributed by atoms with Crippen LogP contribution in [0, 0.1) is 0 Å². The van der Waals surface area contributed by atoms with E-state index in [-0.39, 0.29) is 4.90 Å². The van der Waals surface area contributed by atoms with Gasteiger partial charge in [-0.3, -0.25) is 0 Å². The topological polar surface area (TPSA) is 89.4 Å². The molecule has 0 aliphatic rings. The number of rotatable bonds is 4. The third kappa shape index (κ3) is 2.65. The molecule has 0 amide bonds. The molecule has 0 aliphatic heterocycles. The molecule has 0 saturated heterocycles. The fourth-order valence-electron chi connectivity index (χ4n) is 1.58. The Morgan fingerprint density at radius 2 is 1.81 bits per heavy atom. The van der Waals surface area contributed by atoms with Crippen LogP contribution < -0.4 is 15.8 Å². The van der Waals surface area contributed by atoms with E-state index in [1.807, 2.05) is 18.7 Å². The molecule has 0 fully saturated rings. The quantitative estimate of drug-likeness (QED) is 0.764. The van der Waals surface area contributed by atoms with Crippen molar-refractivity contribution in [2.24, 2.45) is 5.14 Å². The van der Waals surface area contributed by atoms with E-state index in [1.165, 1.54) is 6.07 Å². The molecule has 0 bridgehead atoms. The van der Waals surface area contributed by atoms with Crippen LogP contribution in [0.1, 0.15) is 13.8 Å². The van der Waals surface area contributed by atoms with Crippen LogP contribution in [0.4, 0.5) is 11.4 Å². The van der Waals surface area contributed by atoms with Crippen LogP contribution in [-0.4, -0.2) is 21.5 Å². The van der Waals surface area contributed by atoms with Crippen LogP contribution in [0.15, 0.2) is 23.1 Å². The van der Waals surface area contributed by atoms with E-state index in [0.717, 1.165) is 0 Å². The smallest absolute Gasteiger partial charge is 0.240 e. The van der Waals surface area contributed by atoms with Gasteiger partial charge in [0, 0.05) is 18.8 Å². The minimum Gasteiger partial charge on any atom is -0.399 e. The summed E-state index contributed by atoms with van der Waals surface area (Å²) >= 11 is 0. The van der Waals surface area contributed by atoms with Gasteiger partial charge in [-0.2, -0.15) is 0 Å². The van der Waals surface area contributed by atoms with Gasteiger partial charge < -0.3 is 10.6 Å². The zero-order chi connectivity index (χ0) is 12.3. The number of primary sulfonamides is 1. The molecule has 0 unspecified atom stereocenters. The van der Waals surface area contributed by atoms with Gasteiger partial charge in [0.25, 0.3) is 0 Å². The van der Waals surface area contributed by atoms with E-state index in [0.29, 0.717) is 24.5 Å². The number of anilines is 2. The Balaban J connectivity index is 3.39. The second-order valence-electron chi connectivity index (χ2n) is 3.44. The van der Waals surface area contributed by atoms with Crippen LogP contribution >= 0.6 is 0 Å². The first-order chi connectivity index (χ1) is 7.40. The molecule has 0 atom stereocenters. The van der Waals surface area contributed by atoms with E-state index in [9.17, 15) is 8.42 Å². The molecule has 1 aromatic carbocycles. The van der Waals surface area contributed by atoms with Crippen LogP contribution in [-0.2, 0) is 10.0 Å². The number of hydrogen-bond donors (Lipinski definition) is 2. The fourth-order valence-corrected chi connectivity index (χ4v) is 2.37. The van der Waals surface area contributed by atoms with Gasteiger partial charge >= 0.3 is 0 Å². The summed E-state index contributed by atoms with van der Waals surface area (Å²) in [7, 11) is -3.74. The first-order valence-electron chi connectivity index (χ1n) is 5.07. The molecule has 0 radical (unpaired) electrons. The second-order valence-corrected chi connectivity index (χ2v) is 4.97. The highest BCUT2D eigenvalue weighted by atomic mass is 32.2. The molecule has 0 aromatic heterocycles. The molecule has 0 saturated carbocycles. The summed E-state index contributed by atoms with van der Waals surface area (Å²) < 4.78 is 22.9. The minimum absolute atomic E-state index is 0.0798. The van der Waals surface area contributed by atoms with E-state index in [1.54, 1.807) is 12.1 Å². The lowest BCUT2D eigenvalue weighted by Crippen LogP contribution is -2.25. The summed E-state index contributed by atoms with van der Waals surface area (Å²) in [6.07, 6.45) is 0. The summed E-state index contributed by atoms with van der Waals surface area (Å²) in [5.41, 5.74) is 6.56. The van der Waals surface area contributed by atoms with Crippen molar-refractivity contribution in [2.45, 2.75) is 18.7 Å². The Morgan fingerprint density at radius 3 is 2.25 bits per heavy atom. The van der Waals surface area contributed by atoms with Crippen LogP contribution in [0.2, 0.25) is 0 Å². The van der Waals surface area contributed by atoms with Gasteiger partial charge in [-0.25, -0.2) is 13.6 Å². The van der Waals surface area contributed by atoms with Crippen LogP contribution in [0.25, 0.3) is 0 Å². The highest BCUT2D eigenvalue weighted by Crippen LogP contribution is 2.26. The van der Waals surface area contributed by atoms with Crippen molar-refractivity contribution in [1.82, 2.24) is 0 Å². The van der Waals surface area contributed by atoms with Crippen molar-refractivity contribution in [2.75, 3.05) is 23.7 Å². The molecule has 1 aromatic rings. The maximum atomic E-state index is 11.4. The first kappa shape index (κ1) is 12.8. The number of benzene rings is 1. The lowest BCUT2D eigenvalue weighted by atomic mass is 10.2.